The third kappa shape index (κ3) is 4.64. The minimum Gasteiger partial charge on any atom is -0.454 e. The summed E-state index contributed by atoms with van der Waals surface area (Å²) in [6.07, 6.45) is 3.81. The summed E-state index contributed by atoms with van der Waals surface area (Å²) < 4.78 is 5.59. The Labute approximate surface area is 158 Å². The van der Waals surface area contributed by atoms with E-state index in [0.717, 1.165) is 30.4 Å². The zero-order valence-corrected chi connectivity index (χ0v) is 15.0. The lowest BCUT2D eigenvalue weighted by atomic mass is 10.2. The molecule has 0 atom stereocenters. The van der Waals surface area contributed by atoms with Crippen molar-refractivity contribution in [1.82, 2.24) is 20.4 Å². The second-order valence-electron chi connectivity index (χ2n) is 6.54. The van der Waals surface area contributed by atoms with Gasteiger partial charge in [0.15, 0.2) is 6.61 Å². The SMILES string of the molecule is O=C(COC(=O)Cn1[nH]c(=O)c2ccccc2c1=O)NC(=O)NC1CCCC1. The zero-order chi connectivity index (χ0) is 20.1. The van der Waals surface area contributed by atoms with Gasteiger partial charge in [-0.25, -0.2) is 9.48 Å². The average molecular weight is 388 g/mol. The maximum absolute atomic E-state index is 12.3. The summed E-state index contributed by atoms with van der Waals surface area (Å²) in [7, 11) is 0. The summed E-state index contributed by atoms with van der Waals surface area (Å²) in [5.41, 5.74) is -1.09. The molecule has 0 radical (unpaired) electrons. The molecule has 1 saturated carbocycles. The van der Waals surface area contributed by atoms with Gasteiger partial charge in [-0.15, -0.1) is 0 Å². The summed E-state index contributed by atoms with van der Waals surface area (Å²) in [5.74, 6) is -1.69. The predicted molar refractivity (Wildman–Crippen MR) is 98.7 cm³/mol. The van der Waals surface area contributed by atoms with Crippen LogP contribution in [-0.4, -0.2) is 40.3 Å². The second-order valence-corrected chi connectivity index (χ2v) is 6.54. The van der Waals surface area contributed by atoms with Crippen LogP contribution in [0.3, 0.4) is 0 Å². The van der Waals surface area contributed by atoms with Crippen LogP contribution in [0, 0.1) is 0 Å². The highest BCUT2D eigenvalue weighted by Crippen LogP contribution is 2.17. The van der Waals surface area contributed by atoms with Gasteiger partial charge in [-0.05, 0) is 25.0 Å². The third-order valence-corrected chi connectivity index (χ3v) is 4.48. The highest BCUT2D eigenvalue weighted by atomic mass is 16.5. The van der Waals surface area contributed by atoms with Crippen molar-refractivity contribution in [1.29, 1.82) is 0 Å². The number of amides is 3. The van der Waals surface area contributed by atoms with Crippen molar-refractivity contribution in [2.24, 2.45) is 0 Å². The first-order valence-electron chi connectivity index (χ1n) is 8.92. The Morgan fingerprint density at radius 1 is 1.11 bits per heavy atom. The van der Waals surface area contributed by atoms with Gasteiger partial charge in [0.2, 0.25) is 0 Å². The summed E-state index contributed by atoms with van der Waals surface area (Å²) in [5, 5.41) is 7.42. The van der Waals surface area contributed by atoms with Crippen molar-refractivity contribution in [3.8, 4) is 0 Å². The smallest absolute Gasteiger partial charge is 0.328 e. The lowest BCUT2D eigenvalue weighted by Crippen LogP contribution is -2.45. The topological polar surface area (TPSA) is 139 Å². The molecule has 1 heterocycles. The number of nitrogens with zero attached hydrogens (tertiary/aromatic N) is 1. The number of H-pyrrole nitrogens is 1. The van der Waals surface area contributed by atoms with E-state index in [1.165, 1.54) is 12.1 Å². The van der Waals surface area contributed by atoms with Gasteiger partial charge in [-0.3, -0.25) is 29.6 Å². The molecule has 3 rings (SSSR count). The number of hydrogen-bond donors (Lipinski definition) is 3. The molecule has 10 heteroatoms. The average Bonchev–Trinajstić information content (AvgIpc) is 3.17. The molecular weight excluding hydrogens is 368 g/mol. The Hall–Kier alpha value is -3.43. The first-order valence-corrected chi connectivity index (χ1v) is 8.92. The standard InChI is InChI=1S/C18H20N4O6/c23-14(20-18(27)19-11-5-1-2-6-11)10-28-15(24)9-22-17(26)13-8-4-3-7-12(13)16(25)21-22/h3-4,7-8,11H,1-2,5-6,9-10H2,(H,21,25)(H2,19,20,23,27). The van der Waals surface area contributed by atoms with Crippen molar-refractivity contribution < 1.29 is 19.1 Å². The van der Waals surface area contributed by atoms with Crippen LogP contribution in [0.5, 0.6) is 0 Å². The number of aromatic nitrogens is 2. The molecule has 3 amide bonds. The fourth-order valence-corrected chi connectivity index (χ4v) is 3.13. The molecule has 28 heavy (non-hydrogen) atoms. The minimum absolute atomic E-state index is 0.0481. The monoisotopic (exact) mass is 388 g/mol. The van der Waals surface area contributed by atoms with Crippen molar-refractivity contribution in [2.45, 2.75) is 38.3 Å². The number of nitrogens with one attached hydrogen (secondary N) is 3. The van der Waals surface area contributed by atoms with Crippen LogP contribution in [-0.2, 0) is 20.9 Å². The normalized spacial score (nSPS) is 14.0. The fraction of sp³-hybridized carbons (Fsp3) is 0.389. The first kappa shape index (κ1) is 19.3. The summed E-state index contributed by atoms with van der Waals surface area (Å²) in [6, 6.07) is 5.61. The van der Waals surface area contributed by atoms with Crippen molar-refractivity contribution in [3.05, 3.63) is 45.0 Å². The molecule has 0 aliphatic heterocycles. The molecule has 10 nitrogen and oxygen atoms in total. The van der Waals surface area contributed by atoms with E-state index in [1.54, 1.807) is 12.1 Å². The number of ether oxygens (including phenoxy) is 1. The number of carbonyl (C=O) groups excluding carboxylic acids is 3. The molecule has 1 fully saturated rings. The number of esters is 1. The van der Waals surface area contributed by atoms with Gasteiger partial charge in [0.05, 0.1) is 10.8 Å². The summed E-state index contributed by atoms with van der Waals surface area (Å²) >= 11 is 0. The van der Waals surface area contributed by atoms with Crippen LogP contribution in [0.25, 0.3) is 10.8 Å². The molecule has 1 aliphatic rings. The number of imide groups is 1. The van der Waals surface area contributed by atoms with Crippen molar-refractivity contribution >= 4 is 28.7 Å². The van der Waals surface area contributed by atoms with Crippen LogP contribution in [0.2, 0.25) is 0 Å². The number of hydrogen-bond acceptors (Lipinski definition) is 6. The Balaban J connectivity index is 1.53. The van der Waals surface area contributed by atoms with Crippen LogP contribution in [0.1, 0.15) is 25.7 Å². The van der Waals surface area contributed by atoms with Gasteiger partial charge in [-0.2, -0.15) is 0 Å². The largest absolute Gasteiger partial charge is 0.454 e. The predicted octanol–water partition coefficient (Wildman–Crippen LogP) is 0.00140. The van der Waals surface area contributed by atoms with Gasteiger partial charge in [0.1, 0.15) is 6.54 Å². The van der Waals surface area contributed by atoms with E-state index in [4.69, 9.17) is 4.74 Å². The number of fused-ring (bicyclic) bond motifs is 1. The van der Waals surface area contributed by atoms with Gasteiger partial charge < -0.3 is 10.1 Å². The number of benzene rings is 1. The Morgan fingerprint density at radius 2 is 1.79 bits per heavy atom. The van der Waals surface area contributed by atoms with Crippen LogP contribution >= 0.6 is 0 Å². The van der Waals surface area contributed by atoms with Crippen molar-refractivity contribution in [3.63, 3.8) is 0 Å². The number of rotatable bonds is 5. The van der Waals surface area contributed by atoms with E-state index >= 15 is 0 Å². The molecular formula is C18H20N4O6. The van der Waals surface area contributed by atoms with E-state index in [1.807, 2.05) is 0 Å². The summed E-state index contributed by atoms with van der Waals surface area (Å²) in [6.45, 7) is -1.25. The maximum Gasteiger partial charge on any atom is 0.328 e. The van der Waals surface area contributed by atoms with Crippen LogP contribution in [0.4, 0.5) is 4.79 Å². The zero-order valence-electron chi connectivity index (χ0n) is 15.0. The van der Waals surface area contributed by atoms with Crippen LogP contribution in [0.15, 0.2) is 33.9 Å². The molecule has 0 unspecified atom stereocenters. The quantitative estimate of drug-likeness (QED) is 0.616. The Bertz CT molecular complexity index is 1020. The van der Waals surface area contributed by atoms with Gasteiger partial charge in [0, 0.05) is 6.04 Å². The van der Waals surface area contributed by atoms with E-state index in [2.05, 4.69) is 15.7 Å². The lowest BCUT2D eigenvalue weighted by molar-refractivity contribution is -0.149. The first-order chi connectivity index (χ1) is 13.4. The molecule has 0 spiro atoms. The Kier molecular flexibility index (Phi) is 5.87. The second kappa shape index (κ2) is 8.51. The van der Waals surface area contributed by atoms with Crippen molar-refractivity contribution in [2.75, 3.05) is 6.61 Å². The molecule has 1 aromatic carbocycles. The van der Waals surface area contributed by atoms with Gasteiger partial charge >= 0.3 is 12.0 Å². The van der Waals surface area contributed by atoms with Crippen LogP contribution < -0.4 is 21.8 Å². The van der Waals surface area contributed by atoms with E-state index in [9.17, 15) is 24.0 Å². The molecule has 1 aliphatic carbocycles. The molecule has 0 saturated heterocycles. The number of carbonyl (C=O) groups is 3. The molecule has 0 bridgehead atoms. The minimum atomic E-state index is -0.903. The molecule has 148 valence electrons. The molecule has 1 aromatic heterocycles. The molecule has 3 N–H and O–H groups in total. The number of aromatic amines is 1. The highest BCUT2D eigenvalue weighted by Gasteiger charge is 2.19. The lowest BCUT2D eigenvalue weighted by Gasteiger charge is -2.12. The highest BCUT2D eigenvalue weighted by molar-refractivity contribution is 5.95. The fourth-order valence-electron chi connectivity index (χ4n) is 3.13. The summed E-state index contributed by atoms with van der Waals surface area (Å²) in [4.78, 5) is 59.6. The van der Waals surface area contributed by atoms with Gasteiger partial charge in [-0.1, -0.05) is 25.0 Å². The van der Waals surface area contributed by atoms with E-state index < -0.39 is 42.2 Å². The van der Waals surface area contributed by atoms with E-state index in [-0.39, 0.29) is 16.8 Å². The number of urea groups is 1. The third-order valence-electron chi connectivity index (χ3n) is 4.48. The molecule has 2 aromatic rings. The maximum atomic E-state index is 12.3. The van der Waals surface area contributed by atoms with E-state index in [0.29, 0.717) is 0 Å². The Morgan fingerprint density at radius 3 is 2.50 bits per heavy atom. The van der Waals surface area contributed by atoms with Gasteiger partial charge in [0.25, 0.3) is 17.0 Å².